The van der Waals surface area contributed by atoms with Crippen LogP contribution in [0.4, 0.5) is 0 Å². The minimum absolute atomic E-state index is 0.0242. The minimum Gasteiger partial charge on any atom is -0.497 e. The molecule has 18 heavy (non-hydrogen) atoms. The highest BCUT2D eigenvalue weighted by Gasteiger charge is 2.12. The first kappa shape index (κ1) is 14.2. The summed E-state index contributed by atoms with van der Waals surface area (Å²) in [7, 11) is -2.41. The molecule has 1 rings (SSSR count). The predicted octanol–water partition coefficient (Wildman–Crippen LogP) is 1.02. The summed E-state index contributed by atoms with van der Waals surface area (Å²) in [5.41, 5.74) is 0. The zero-order valence-electron chi connectivity index (χ0n) is 9.99. The summed E-state index contributed by atoms with van der Waals surface area (Å²) >= 11 is 0. The van der Waals surface area contributed by atoms with E-state index in [1.807, 2.05) is 0 Å². The van der Waals surface area contributed by atoms with E-state index in [1.165, 1.54) is 31.4 Å². The Hall–Kier alpha value is -1.89. The lowest BCUT2D eigenvalue weighted by atomic mass is 10.3. The van der Waals surface area contributed by atoms with Crippen molar-refractivity contribution in [1.29, 1.82) is 0 Å². The molecule has 98 valence electrons. The molecular formula is C11H13NO5S. The molecule has 0 amide bonds. The van der Waals surface area contributed by atoms with Crippen LogP contribution in [-0.4, -0.2) is 34.3 Å². The van der Waals surface area contributed by atoms with Gasteiger partial charge in [0.2, 0.25) is 0 Å². The molecule has 0 aliphatic heterocycles. The van der Waals surface area contributed by atoms with Crippen molar-refractivity contribution in [2.75, 3.05) is 13.7 Å². The van der Waals surface area contributed by atoms with E-state index in [2.05, 4.69) is 9.13 Å². The number of ether oxygens (including phenoxy) is 2. The highest BCUT2D eigenvalue weighted by atomic mass is 32.2. The molecular weight excluding hydrogens is 258 g/mol. The molecule has 0 heterocycles. The van der Waals surface area contributed by atoms with E-state index in [0.29, 0.717) is 12.0 Å². The molecule has 1 aromatic rings. The molecule has 0 aromatic heterocycles. The number of hydrogen-bond donors (Lipinski definition) is 0. The monoisotopic (exact) mass is 271 g/mol. The lowest BCUT2D eigenvalue weighted by Crippen LogP contribution is -2.07. The number of carbonyl (C=O) groups is 1. The van der Waals surface area contributed by atoms with Crippen molar-refractivity contribution in [2.45, 2.75) is 11.8 Å². The molecule has 0 saturated carbocycles. The average Bonchev–Trinajstić information content (AvgIpc) is 2.37. The Labute approximate surface area is 105 Å². The first-order valence-corrected chi connectivity index (χ1v) is 6.54. The van der Waals surface area contributed by atoms with Crippen molar-refractivity contribution < 1.29 is 22.7 Å². The number of carbonyl (C=O) groups excluding carboxylic acids is 1. The van der Waals surface area contributed by atoms with Crippen LogP contribution >= 0.6 is 0 Å². The second-order valence-corrected chi connectivity index (χ2v) is 4.77. The van der Waals surface area contributed by atoms with Crippen LogP contribution < -0.4 is 4.74 Å². The average molecular weight is 271 g/mol. The topological polar surface area (TPSA) is 82.0 Å². The maximum Gasteiger partial charge on any atom is 0.350 e. The van der Waals surface area contributed by atoms with Crippen molar-refractivity contribution >= 4 is 22.2 Å². The quantitative estimate of drug-likeness (QED) is 0.590. The molecule has 0 N–H and O–H groups in total. The molecule has 0 bridgehead atoms. The number of esters is 1. The Bertz CT molecular complexity index is 533. The van der Waals surface area contributed by atoms with Crippen molar-refractivity contribution in [1.82, 2.24) is 0 Å². The predicted molar refractivity (Wildman–Crippen MR) is 65.3 cm³/mol. The number of hydrogen-bond acceptors (Lipinski definition) is 5. The summed E-state index contributed by atoms with van der Waals surface area (Å²) in [6.45, 7) is 1.77. The fraction of sp³-hybridized carbons (Fsp3) is 0.273. The highest BCUT2D eigenvalue weighted by Crippen LogP contribution is 2.16. The van der Waals surface area contributed by atoms with E-state index < -0.39 is 16.0 Å². The molecule has 1 aromatic carbocycles. The molecule has 0 fully saturated rings. The largest absolute Gasteiger partial charge is 0.497 e. The third-order valence-corrected chi connectivity index (χ3v) is 3.19. The van der Waals surface area contributed by atoms with Crippen LogP contribution in [0, 0.1) is 0 Å². The molecule has 0 spiro atoms. The standard InChI is InChI=1S/C11H13NO5S/c1-3-17-11(13)8-12-18(14,15)10-6-4-9(16-2)5-7-10/h4-8H,3H2,1-2H3/b12-8+. The van der Waals surface area contributed by atoms with E-state index in [1.54, 1.807) is 6.92 Å². The SMILES string of the molecule is CCOC(=O)/C=N/S(=O)(=O)c1ccc(OC)cc1. The Morgan fingerprint density at radius 2 is 1.94 bits per heavy atom. The maximum atomic E-state index is 11.7. The van der Waals surface area contributed by atoms with Gasteiger partial charge in [0.25, 0.3) is 10.0 Å². The first-order chi connectivity index (χ1) is 8.49. The Balaban J connectivity index is 2.89. The fourth-order valence-electron chi connectivity index (χ4n) is 1.10. The third kappa shape index (κ3) is 3.85. The minimum atomic E-state index is -3.89. The zero-order chi connectivity index (χ0) is 13.6. The molecule has 0 atom stereocenters. The summed E-state index contributed by atoms with van der Waals surface area (Å²) < 4.78 is 36.1. The second-order valence-electron chi connectivity index (χ2n) is 3.14. The molecule has 0 saturated heterocycles. The maximum absolute atomic E-state index is 11.7. The summed E-state index contributed by atoms with van der Waals surface area (Å²) in [6, 6.07) is 5.67. The number of sulfonamides is 1. The molecule has 0 aliphatic rings. The number of nitrogens with zero attached hydrogens (tertiary/aromatic N) is 1. The van der Waals surface area contributed by atoms with Crippen molar-refractivity contribution in [3.63, 3.8) is 0 Å². The van der Waals surface area contributed by atoms with Gasteiger partial charge < -0.3 is 9.47 Å². The van der Waals surface area contributed by atoms with Crippen LogP contribution in [-0.2, 0) is 19.6 Å². The van der Waals surface area contributed by atoms with Gasteiger partial charge in [-0.05, 0) is 31.2 Å². The van der Waals surface area contributed by atoms with E-state index in [4.69, 9.17) is 4.74 Å². The smallest absolute Gasteiger partial charge is 0.350 e. The number of rotatable bonds is 5. The van der Waals surface area contributed by atoms with Gasteiger partial charge in [-0.15, -0.1) is 0 Å². The Morgan fingerprint density at radius 1 is 1.33 bits per heavy atom. The molecule has 6 nitrogen and oxygen atoms in total. The zero-order valence-corrected chi connectivity index (χ0v) is 10.8. The Kier molecular flexibility index (Phi) is 4.85. The van der Waals surface area contributed by atoms with Gasteiger partial charge in [-0.1, -0.05) is 0 Å². The molecule has 7 heteroatoms. The van der Waals surface area contributed by atoms with Crippen LogP contribution in [0.25, 0.3) is 0 Å². The Morgan fingerprint density at radius 3 is 2.44 bits per heavy atom. The summed E-state index contributed by atoms with van der Waals surface area (Å²) in [5, 5.41) is 0. The lowest BCUT2D eigenvalue weighted by molar-refractivity contribution is -0.134. The molecule has 0 radical (unpaired) electrons. The molecule has 0 aliphatic carbocycles. The fourth-order valence-corrected chi connectivity index (χ4v) is 1.93. The normalized spacial score (nSPS) is 11.4. The number of benzene rings is 1. The van der Waals surface area contributed by atoms with Gasteiger partial charge in [-0.2, -0.15) is 12.8 Å². The molecule has 0 unspecified atom stereocenters. The van der Waals surface area contributed by atoms with E-state index in [0.717, 1.165) is 0 Å². The van der Waals surface area contributed by atoms with Crippen molar-refractivity contribution in [2.24, 2.45) is 4.40 Å². The van der Waals surface area contributed by atoms with Crippen LogP contribution in [0.2, 0.25) is 0 Å². The first-order valence-electron chi connectivity index (χ1n) is 5.10. The van der Waals surface area contributed by atoms with Gasteiger partial charge in [-0.25, -0.2) is 4.79 Å². The van der Waals surface area contributed by atoms with Crippen LogP contribution in [0.1, 0.15) is 6.92 Å². The van der Waals surface area contributed by atoms with Gasteiger partial charge in [0.15, 0.2) is 0 Å². The summed E-state index contributed by atoms with van der Waals surface area (Å²) in [5.74, 6) is -0.266. The van der Waals surface area contributed by atoms with Gasteiger partial charge in [0.1, 0.15) is 12.0 Å². The summed E-state index contributed by atoms with van der Waals surface area (Å²) in [6.07, 6.45) is 0.642. The van der Waals surface area contributed by atoms with Gasteiger partial charge >= 0.3 is 5.97 Å². The van der Waals surface area contributed by atoms with Gasteiger partial charge in [0.05, 0.1) is 18.6 Å². The van der Waals surface area contributed by atoms with Gasteiger partial charge in [-0.3, -0.25) is 0 Å². The van der Waals surface area contributed by atoms with Gasteiger partial charge in [0, 0.05) is 0 Å². The summed E-state index contributed by atoms with van der Waals surface area (Å²) in [4.78, 5) is 10.9. The second kappa shape index (κ2) is 6.15. The van der Waals surface area contributed by atoms with Crippen LogP contribution in [0.3, 0.4) is 0 Å². The lowest BCUT2D eigenvalue weighted by Gasteiger charge is -2.01. The van der Waals surface area contributed by atoms with Crippen LogP contribution in [0.5, 0.6) is 5.75 Å². The van der Waals surface area contributed by atoms with Crippen molar-refractivity contribution in [3.05, 3.63) is 24.3 Å². The van der Waals surface area contributed by atoms with Crippen molar-refractivity contribution in [3.8, 4) is 5.75 Å². The van der Waals surface area contributed by atoms with E-state index >= 15 is 0 Å². The van der Waals surface area contributed by atoms with E-state index in [9.17, 15) is 13.2 Å². The number of methoxy groups -OCH3 is 1. The van der Waals surface area contributed by atoms with Crippen LogP contribution in [0.15, 0.2) is 33.6 Å². The third-order valence-electron chi connectivity index (χ3n) is 1.94. The van der Waals surface area contributed by atoms with E-state index in [-0.39, 0.29) is 11.5 Å². The highest BCUT2D eigenvalue weighted by molar-refractivity contribution is 7.90.